The SMILES string of the molecule is COC(=O)CCCCCCC(C)(O)CS. The standard InChI is InChI=1S/C11H22O3S/c1-11(13,9-15)8-6-4-3-5-7-10(12)14-2/h13,15H,3-9H2,1-2H3. The van der Waals surface area contributed by atoms with Crippen molar-refractivity contribution >= 4 is 18.6 Å². The van der Waals surface area contributed by atoms with Gasteiger partial charge in [-0.05, 0) is 19.8 Å². The molecule has 1 unspecified atom stereocenters. The zero-order valence-corrected chi connectivity index (χ0v) is 10.6. The van der Waals surface area contributed by atoms with Crippen molar-refractivity contribution in [1.29, 1.82) is 0 Å². The van der Waals surface area contributed by atoms with Crippen LogP contribution in [0.4, 0.5) is 0 Å². The van der Waals surface area contributed by atoms with Gasteiger partial charge in [-0.1, -0.05) is 19.3 Å². The number of aliphatic hydroxyl groups is 1. The lowest BCUT2D eigenvalue weighted by atomic mass is 10.00. The third kappa shape index (κ3) is 8.75. The van der Waals surface area contributed by atoms with Crippen LogP contribution < -0.4 is 0 Å². The van der Waals surface area contributed by atoms with Crippen LogP contribution in [0.25, 0.3) is 0 Å². The number of carbonyl (C=O) groups is 1. The van der Waals surface area contributed by atoms with Gasteiger partial charge in [0.1, 0.15) is 0 Å². The first kappa shape index (κ1) is 14.8. The van der Waals surface area contributed by atoms with E-state index in [1.165, 1.54) is 7.11 Å². The molecule has 0 fully saturated rings. The van der Waals surface area contributed by atoms with Crippen LogP contribution >= 0.6 is 12.6 Å². The fourth-order valence-electron chi connectivity index (χ4n) is 1.31. The number of unbranched alkanes of at least 4 members (excludes halogenated alkanes) is 3. The molecule has 90 valence electrons. The summed E-state index contributed by atoms with van der Waals surface area (Å²) in [6.07, 6.45) is 5.18. The molecule has 0 rings (SSSR count). The Balaban J connectivity index is 3.29. The van der Waals surface area contributed by atoms with Gasteiger partial charge in [-0.2, -0.15) is 12.6 Å². The van der Waals surface area contributed by atoms with Crippen molar-refractivity contribution in [3.05, 3.63) is 0 Å². The van der Waals surface area contributed by atoms with Gasteiger partial charge in [0.15, 0.2) is 0 Å². The van der Waals surface area contributed by atoms with Gasteiger partial charge in [-0.15, -0.1) is 0 Å². The Morgan fingerprint density at radius 1 is 1.33 bits per heavy atom. The molecule has 15 heavy (non-hydrogen) atoms. The van der Waals surface area contributed by atoms with Crippen molar-refractivity contribution in [1.82, 2.24) is 0 Å². The molecule has 0 aliphatic heterocycles. The average molecular weight is 234 g/mol. The number of carbonyl (C=O) groups excluding carboxylic acids is 1. The first-order valence-corrected chi connectivity index (χ1v) is 6.05. The van der Waals surface area contributed by atoms with Crippen molar-refractivity contribution < 1.29 is 14.6 Å². The van der Waals surface area contributed by atoms with Crippen LogP contribution in [0.2, 0.25) is 0 Å². The third-order valence-electron chi connectivity index (χ3n) is 2.41. The zero-order valence-electron chi connectivity index (χ0n) is 9.66. The molecule has 0 saturated carbocycles. The second-order valence-corrected chi connectivity index (χ2v) is 4.46. The van der Waals surface area contributed by atoms with Crippen molar-refractivity contribution in [3.8, 4) is 0 Å². The van der Waals surface area contributed by atoms with Gasteiger partial charge in [-0.3, -0.25) is 4.79 Å². The zero-order chi connectivity index (χ0) is 11.7. The summed E-state index contributed by atoms with van der Waals surface area (Å²) in [7, 11) is 1.41. The van der Waals surface area contributed by atoms with Crippen molar-refractivity contribution in [3.63, 3.8) is 0 Å². The van der Waals surface area contributed by atoms with Crippen molar-refractivity contribution in [2.24, 2.45) is 0 Å². The topological polar surface area (TPSA) is 46.5 Å². The Kier molecular flexibility index (Phi) is 7.88. The van der Waals surface area contributed by atoms with Gasteiger partial charge in [0.25, 0.3) is 0 Å². The molecule has 0 heterocycles. The number of methoxy groups -OCH3 is 1. The number of rotatable bonds is 8. The molecular weight excluding hydrogens is 212 g/mol. The minimum absolute atomic E-state index is 0.141. The number of hydrogen-bond acceptors (Lipinski definition) is 4. The van der Waals surface area contributed by atoms with E-state index in [9.17, 15) is 9.90 Å². The molecule has 1 atom stereocenters. The fraction of sp³-hybridized carbons (Fsp3) is 0.909. The minimum Gasteiger partial charge on any atom is -0.469 e. The van der Waals surface area contributed by atoms with Gasteiger partial charge in [-0.25, -0.2) is 0 Å². The van der Waals surface area contributed by atoms with Crippen LogP contribution in [0.15, 0.2) is 0 Å². The van der Waals surface area contributed by atoms with Gasteiger partial charge >= 0.3 is 5.97 Å². The molecular formula is C11H22O3S. The van der Waals surface area contributed by atoms with E-state index in [1.54, 1.807) is 6.92 Å². The van der Waals surface area contributed by atoms with E-state index in [-0.39, 0.29) is 5.97 Å². The predicted molar refractivity (Wildman–Crippen MR) is 64.2 cm³/mol. The number of ether oxygens (including phenoxy) is 1. The molecule has 0 aromatic carbocycles. The first-order valence-electron chi connectivity index (χ1n) is 5.42. The molecule has 4 heteroatoms. The van der Waals surface area contributed by atoms with Crippen LogP contribution in [0.3, 0.4) is 0 Å². The molecule has 0 aliphatic carbocycles. The van der Waals surface area contributed by atoms with Crippen molar-refractivity contribution in [2.75, 3.05) is 12.9 Å². The minimum atomic E-state index is -0.647. The Morgan fingerprint density at radius 3 is 2.47 bits per heavy atom. The maximum Gasteiger partial charge on any atom is 0.305 e. The predicted octanol–water partition coefficient (Wildman–Crippen LogP) is 2.18. The number of thiol groups is 1. The summed E-state index contributed by atoms with van der Waals surface area (Å²) in [6, 6.07) is 0. The molecule has 0 aromatic heterocycles. The maximum atomic E-state index is 10.8. The number of esters is 1. The highest BCUT2D eigenvalue weighted by Crippen LogP contribution is 2.16. The second kappa shape index (κ2) is 7.99. The van der Waals surface area contributed by atoms with Crippen molar-refractivity contribution in [2.45, 2.75) is 51.0 Å². The quantitative estimate of drug-likeness (QED) is 0.384. The van der Waals surface area contributed by atoms with E-state index in [0.29, 0.717) is 12.2 Å². The third-order valence-corrected chi connectivity index (χ3v) is 3.10. The van der Waals surface area contributed by atoms with E-state index >= 15 is 0 Å². The lowest BCUT2D eigenvalue weighted by Crippen LogP contribution is -2.25. The van der Waals surface area contributed by atoms with Gasteiger partial charge in [0, 0.05) is 12.2 Å². The molecule has 0 bridgehead atoms. The van der Waals surface area contributed by atoms with Crippen LogP contribution in [0.5, 0.6) is 0 Å². The van der Waals surface area contributed by atoms with Crippen LogP contribution in [-0.4, -0.2) is 29.5 Å². The van der Waals surface area contributed by atoms with E-state index in [4.69, 9.17) is 0 Å². The summed E-state index contributed by atoms with van der Waals surface area (Å²) in [6.45, 7) is 1.80. The molecule has 0 aliphatic rings. The molecule has 3 nitrogen and oxygen atoms in total. The van der Waals surface area contributed by atoms with Gasteiger partial charge in [0.05, 0.1) is 12.7 Å². The summed E-state index contributed by atoms with van der Waals surface area (Å²) in [5.41, 5.74) is -0.647. The summed E-state index contributed by atoms with van der Waals surface area (Å²) in [5, 5.41) is 9.66. The lowest BCUT2D eigenvalue weighted by molar-refractivity contribution is -0.140. The maximum absolute atomic E-state index is 10.8. The summed E-state index contributed by atoms with van der Waals surface area (Å²) in [5.74, 6) is 0.354. The molecule has 0 aromatic rings. The largest absolute Gasteiger partial charge is 0.469 e. The Bertz CT molecular complexity index is 181. The average Bonchev–Trinajstić information content (AvgIpc) is 2.22. The highest BCUT2D eigenvalue weighted by atomic mass is 32.1. The first-order chi connectivity index (χ1) is 7.02. The van der Waals surface area contributed by atoms with Crippen LogP contribution in [-0.2, 0) is 9.53 Å². The monoisotopic (exact) mass is 234 g/mol. The Labute approximate surface area is 97.6 Å². The molecule has 0 saturated heterocycles. The van der Waals surface area contributed by atoms with Gasteiger partial charge < -0.3 is 9.84 Å². The fourth-order valence-corrected chi connectivity index (χ4v) is 1.47. The van der Waals surface area contributed by atoms with E-state index in [0.717, 1.165) is 32.1 Å². The van der Waals surface area contributed by atoms with Gasteiger partial charge in [0.2, 0.25) is 0 Å². The summed E-state index contributed by atoms with van der Waals surface area (Å²) < 4.78 is 4.54. The second-order valence-electron chi connectivity index (χ2n) is 4.15. The molecule has 1 N–H and O–H groups in total. The number of hydrogen-bond donors (Lipinski definition) is 2. The normalized spacial score (nSPS) is 14.7. The smallest absolute Gasteiger partial charge is 0.305 e. The van der Waals surface area contributed by atoms with E-state index < -0.39 is 5.60 Å². The highest BCUT2D eigenvalue weighted by Gasteiger charge is 2.16. The molecule has 0 amide bonds. The summed E-state index contributed by atoms with van der Waals surface area (Å²) in [4.78, 5) is 10.8. The highest BCUT2D eigenvalue weighted by molar-refractivity contribution is 7.80. The Morgan fingerprint density at radius 2 is 1.93 bits per heavy atom. The Hall–Kier alpha value is -0.220. The van der Waals surface area contributed by atoms with Crippen LogP contribution in [0, 0.1) is 0 Å². The lowest BCUT2D eigenvalue weighted by Gasteiger charge is -2.20. The summed E-state index contributed by atoms with van der Waals surface area (Å²) >= 11 is 4.07. The van der Waals surface area contributed by atoms with E-state index in [1.807, 2.05) is 0 Å². The molecule has 0 spiro atoms. The van der Waals surface area contributed by atoms with E-state index in [2.05, 4.69) is 17.4 Å². The van der Waals surface area contributed by atoms with Crippen LogP contribution in [0.1, 0.15) is 45.4 Å². The molecule has 0 radical (unpaired) electrons.